The number of nitrogens with two attached hydrogens (primary N) is 1. The number of nitrogens with zero attached hydrogens (tertiary/aromatic N) is 1. The zero-order valence-electron chi connectivity index (χ0n) is 11.0. The van der Waals surface area contributed by atoms with Crippen LogP contribution >= 0.6 is 0 Å². The van der Waals surface area contributed by atoms with Crippen molar-refractivity contribution >= 4 is 11.7 Å². The minimum absolute atomic E-state index is 0.517. The zero-order chi connectivity index (χ0) is 13.9. The summed E-state index contributed by atoms with van der Waals surface area (Å²) in [5, 5.41) is 1.54. The van der Waals surface area contributed by atoms with Gasteiger partial charge in [-0.3, -0.25) is 0 Å². The number of ether oxygens (including phenoxy) is 2. The maximum atomic E-state index is 10.7. The van der Waals surface area contributed by atoms with E-state index in [1.54, 1.807) is 5.06 Å². The van der Waals surface area contributed by atoms with Gasteiger partial charge in [0.15, 0.2) is 11.5 Å². The first kappa shape index (κ1) is 12.8. The Morgan fingerprint density at radius 1 is 1.30 bits per heavy atom. The Hall–Kier alpha value is -2.21. The molecule has 2 aliphatic heterocycles. The summed E-state index contributed by atoms with van der Waals surface area (Å²) < 4.78 is 11.3. The van der Waals surface area contributed by atoms with Crippen LogP contribution in [0, 0.1) is 0 Å². The molecule has 106 valence electrons. The monoisotopic (exact) mass is 276 g/mol. The van der Waals surface area contributed by atoms with Crippen LogP contribution in [0.25, 0.3) is 5.57 Å². The molecule has 0 bridgehead atoms. The molecule has 6 heteroatoms. The minimum atomic E-state index is -0.782. The maximum absolute atomic E-state index is 10.7. The lowest BCUT2D eigenvalue weighted by Crippen LogP contribution is -2.33. The topological polar surface area (TPSA) is 74.0 Å². The number of hydroxylamine groups is 2. The third-order valence-electron chi connectivity index (χ3n) is 3.30. The number of para-hydroxylation sites is 1. The van der Waals surface area contributed by atoms with Crippen LogP contribution in [0.4, 0.5) is 4.79 Å². The van der Waals surface area contributed by atoms with Crippen LogP contribution in [0.15, 0.2) is 24.3 Å². The lowest BCUT2D eigenvalue weighted by atomic mass is 9.98. The van der Waals surface area contributed by atoms with Gasteiger partial charge in [0.05, 0.1) is 6.54 Å². The largest absolute Gasteiger partial charge is 0.486 e. The van der Waals surface area contributed by atoms with Crippen molar-refractivity contribution in [3.63, 3.8) is 0 Å². The van der Waals surface area contributed by atoms with E-state index in [2.05, 4.69) is 0 Å². The average molecular weight is 276 g/mol. The van der Waals surface area contributed by atoms with Gasteiger partial charge in [-0.25, -0.2) is 4.79 Å². The molecule has 0 aliphatic carbocycles. The highest BCUT2D eigenvalue weighted by Gasteiger charge is 2.21. The number of fused-ring (bicyclic) bond motifs is 1. The van der Waals surface area contributed by atoms with Gasteiger partial charge in [-0.05, 0) is 18.1 Å². The van der Waals surface area contributed by atoms with Gasteiger partial charge in [0.2, 0.25) is 0 Å². The second kappa shape index (κ2) is 5.42. The first-order valence-electron chi connectivity index (χ1n) is 6.54. The van der Waals surface area contributed by atoms with E-state index in [0.717, 1.165) is 29.1 Å². The van der Waals surface area contributed by atoms with E-state index in [4.69, 9.17) is 20.0 Å². The number of carbonyl (C=O) groups is 1. The molecule has 2 heterocycles. The molecule has 0 atom stereocenters. The van der Waals surface area contributed by atoms with Crippen LogP contribution in [-0.2, 0) is 4.84 Å². The molecule has 0 spiro atoms. The van der Waals surface area contributed by atoms with Gasteiger partial charge in [0.25, 0.3) is 0 Å². The molecule has 0 radical (unpaired) electrons. The second-order valence-electron chi connectivity index (χ2n) is 4.61. The third-order valence-corrected chi connectivity index (χ3v) is 3.30. The summed E-state index contributed by atoms with van der Waals surface area (Å²) in [6.45, 7) is 2.27. The maximum Gasteiger partial charge on any atom is 0.423 e. The molecule has 0 saturated heterocycles. The van der Waals surface area contributed by atoms with Crippen molar-refractivity contribution in [3.05, 3.63) is 29.8 Å². The predicted octanol–water partition coefficient (Wildman–Crippen LogP) is 1.56. The average Bonchev–Trinajstić information content (AvgIpc) is 2.47. The lowest BCUT2D eigenvalue weighted by molar-refractivity contribution is -0.0873. The Bertz CT molecular complexity index is 556. The molecule has 0 saturated carbocycles. The second-order valence-corrected chi connectivity index (χ2v) is 4.61. The number of rotatable bonds is 2. The number of carbonyl (C=O) groups excluding carboxylic acids is 1. The van der Waals surface area contributed by atoms with Gasteiger partial charge in [0, 0.05) is 12.1 Å². The summed E-state index contributed by atoms with van der Waals surface area (Å²) in [5.41, 5.74) is 7.21. The molecule has 20 heavy (non-hydrogen) atoms. The van der Waals surface area contributed by atoms with E-state index in [9.17, 15) is 4.79 Å². The van der Waals surface area contributed by atoms with Gasteiger partial charge in [0.1, 0.15) is 13.2 Å². The van der Waals surface area contributed by atoms with Crippen LogP contribution in [0.1, 0.15) is 12.0 Å². The predicted molar refractivity (Wildman–Crippen MR) is 72.3 cm³/mol. The van der Waals surface area contributed by atoms with Crippen molar-refractivity contribution in [2.75, 3.05) is 26.3 Å². The van der Waals surface area contributed by atoms with Crippen molar-refractivity contribution in [1.82, 2.24) is 5.06 Å². The van der Waals surface area contributed by atoms with Crippen molar-refractivity contribution in [1.29, 1.82) is 0 Å². The molecule has 1 aromatic rings. The van der Waals surface area contributed by atoms with Crippen LogP contribution in [0.5, 0.6) is 11.5 Å². The van der Waals surface area contributed by atoms with E-state index in [1.165, 1.54) is 0 Å². The van der Waals surface area contributed by atoms with Crippen LogP contribution in [-0.4, -0.2) is 37.5 Å². The Morgan fingerprint density at radius 2 is 2.15 bits per heavy atom. The molecule has 2 aliphatic rings. The molecule has 1 aromatic carbocycles. The fourth-order valence-corrected chi connectivity index (χ4v) is 2.43. The Labute approximate surface area is 116 Å². The van der Waals surface area contributed by atoms with E-state index in [1.807, 2.05) is 24.3 Å². The SMILES string of the molecule is NC(=O)ON1CC=C(c2cccc3c2OCCO3)CC1. The fraction of sp³-hybridized carbons (Fsp3) is 0.357. The van der Waals surface area contributed by atoms with Gasteiger partial charge in [-0.1, -0.05) is 18.2 Å². The van der Waals surface area contributed by atoms with E-state index < -0.39 is 6.09 Å². The number of amides is 1. The van der Waals surface area contributed by atoms with Crippen LogP contribution < -0.4 is 15.2 Å². The van der Waals surface area contributed by atoms with E-state index in [0.29, 0.717) is 26.3 Å². The van der Waals surface area contributed by atoms with Gasteiger partial charge >= 0.3 is 6.09 Å². The highest BCUT2D eigenvalue weighted by Crippen LogP contribution is 2.39. The summed E-state index contributed by atoms with van der Waals surface area (Å²) in [6.07, 6.45) is 1.99. The summed E-state index contributed by atoms with van der Waals surface area (Å²) in [7, 11) is 0. The standard InChI is InChI=1S/C14H16N2O4/c15-14(17)20-16-6-4-10(5-7-16)11-2-1-3-12-13(11)19-9-8-18-12/h1-4H,5-9H2,(H2,15,17). The first-order valence-corrected chi connectivity index (χ1v) is 6.54. The van der Waals surface area contributed by atoms with Gasteiger partial charge in [-0.15, -0.1) is 5.06 Å². The lowest BCUT2D eigenvalue weighted by Gasteiger charge is -2.26. The third kappa shape index (κ3) is 2.55. The Kier molecular flexibility index (Phi) is 3.47. The molecule has 0 unspecified atom stereocenters. The fourth-order valence-electron chi connectivity index (χ4n) is 2.43. The minimum Gasteiger partial charge on any atom is -0.486 e. The highest BCUT2D eigenvalue weighted by molar-refractivity contribution is 5.74. The van der Waals surface area contributed by atoms with Crippen molar-refractivity contribution in [3.8, 4) is 11.5 Å². The summed E-state index contributed by atoms with van der Waals surface area (Å²) >= 11 is 0. The molecular formula is C14H16N2O4. The highest BCUT2D eigenvalue weighted by atomic mass is 16.7. The molecule has 2 N–H and O–H groups in total. The molecular weight excluding hydrogens is 260 g/mol. The molecule has 0 fully saturated rings. The normalized spacial score (nSPS) is 18.3. The first-order chi connectivity index (χ1) is 9.74. The summed E-state index contributed by atoms with van der Waals surface area (Å²) in [4.78, 5) is 15.6. The van der Waals surface area contributed by atoms with Crippen LogP contribution in [0.3, 0.4) is 0 Å². The number of benzene rings is 1. The summed E-state index contributed by atoms with van der Waals surface area (Å²) in [6, 6.07) is 5.88. The van der Waals surface area contributed by atoms with Crippen molar-refractivity contribution < 1.29 is 19.1 Å². The van der Waals surface area contributed by atoms with Crippen LogP contribution in [0.2, 0.25) is 0 Å². The van der Waals surface area contributed by atoms with Crippen molar-refractivity contribution in [2.45, 2.75) is 6.42 Å². The Balaban J connectivity index is 1.81. The number of hydrogen-bond acceptors (Lipinski definition) is 5. The number of hydrogen-bond donors (Lipinski definition) is 1. The van der Waals surface area contributed by atoms with E-state index in [-0.39, 0.29) is 0 Å². The van der Waals surface area contributed by atoms with E-state index >= 15 is 0 Å². The Morgan fingerprint density at radius 3 is 2.90 bits per heavy atom. The van der Waals surface area contributed by atoms with Gasteiger partial charge in [-0.2, -0.15) is 0 Å². The molecule has 3 rings (SSSR count). The molecule has 0 aromatic heterocycles. The molecule has 1 amide bonds. The summed E-state index contributed by atoms with van der Waals surface area (Å²) in [5.74, 6) is 1.58. The smallest absolute Gasteiger partial charge is 0.423 e. The quantitative estimate of drug-likeness (QED) is 0.887. The van der Waals surface area contributed by atoms with Crippen molar-refractivity contribution in [2.24, 2.45) is 5.73 Å². The zero-order valence-corrected chi connectivity index (χ0v) is 11.0. The molecule has 6 nitrogen and oxygen atoms in total. The number of primary amides is 1. The van der Waals surface area contributed by atoms with Gasteiger partial charge < -0.3 is 20.0 Å².